The van der Waals surface area contributed by atoms with Crippen molar-refractivity contribution < 1.29 is 36.5 Å². The Morgan fingerprint density at radius 1 is 0.845 bits per heavy atom. The van der Waals surface area contributed by atoms with E-state index in [1.165, 1.54) is 0 Å². The van der Waals surface area contributed by atoms with Crippen LogP contribution in [0.2, 0.25) is 16.6 Å². The van der Waals surface area contributed by atoms with E-state index >= 15 is 0 Å². The van der Waals surface area contributed by atoms with E-state index in [4.69, 9.17) is 28.1 Å². The molecule has 0 aliphatic carbocycles. The number of methoxy groups -OCH3 is 2. The number of anilines is 1. The maximum absolute atomic E-state index is 15.0. The molecule has 0 radical (unpaired) electrons. The predicted molar refractivity (Wildman–Crippen MR) is 235 cm³/mol. The second-order valence-electron chi connectivity index (χ2n) is 17.2. The number of nitrogens with zero attached hydrogens (tertiary/aromatic N) is 1. The van der Waals surface area contributed by atoms with Crippen molar-refractivity contribution in [3.05, 3.63) is 89.0 Å². The third-order valence-corrected chi connectivity index (χ3v) is 20.0. The zero-order valence-electron chi connectivity index (χ0n) is 36.7. The Morgan fingerprint density at radius 2 is 1.52 bits per heavy atom. The number of rotatable bonds is 21. The zero-order chi connectivity index (χ0) is 42.0. The molecule has 1 saturated heterocycles. The predicted octanol–water partition coefficient (Wildman–Crippen LogP) is 8.83. The molecule has 12 heteroatoms. The molecule has 3 aromatic rings. The van der Waals surface area contributed by atoms with Crippen LogP contribution in [0, 0.1) is 12.8 Å². The number of hydrogen-bond donors (Lipinski definition) is 1. The van der Waals surface area contributed by atoms with Crippen molar-refractivity contribution in [1.82, 2.24) is 5.32 Å². The molecule has 2 aliphatic heterocycles. The number of aryl methyl sites for hydroxylation is 1. The van der Waals surface area contributed by atoms with Gasteiger partial charge in [0.05, 0.1) is 49.2 Å². The van der Waals surface area contributed by atoms with Crippen LogP contribution in [0.25, 0.3) is 0 Å². The van der Waals surface area contributed by atoms with Crippen molar-refractivity contribution in [2.75, 3.05) is 71.7 Å². The standard InChI is InChI=1S/C46H70N2O8SSi/c1-32(2)58(33(3)4,34(5)6)56-44-28-47-27-43(45(44)38-16-14-37(15-17-38)31-53-30-36(8)29-52-10)55-46(57(49,50)40-19-12-35(7)13-20-40)39-18-21-42-41(26-39)48(23-25-54-42)22-11-24-51-9/h12-21,26,32-34,36,43-47H,11,22-25,27-31H2,1-10H3/t36?,43-,44+,45+,46?/m0/s1. The lowest BCUT2D eigenvalue weighted by atomic mass is 9.85. The van der Waals surface area contributed by atoms with Gasteiger partial charge >= 0.3 is 0 Å². The van der Waals surface area contributed by atoms with Gasteiger partial charge in [0.15, 0.2) is 5.44 Å². The number of benzene rings is 3. The van der Waals surface area contributed by atoms with Crippen LogP contribution in [0.15, 0.2) is 71.6 Å². The third-order valence-electron chi connectivity index (χ3n) is 12.0. The van der Waals surface area contributed by atoms with E-state index in [0.29, 0.717) is 80.8 Å². The van der Waals surface area contributed by atoms with E-state index in [-0.39, 0.29) is 16.9 Å². The van der Waals surface area contributed by atoms with Crippen LogP contribution in [0.1, 0.15) is 88.5 Å². The highest BCUT2D eigenvalue weighted by Crippen LogP contribution is 2.47. The van der Waals surface area contributed by atoms with Gasteiger partial charge in [-0.15, -0.1) is 0 Å². The Morgan fingerprint density at radius 3 is 2.16 bits per heavy atom. The van der Waals surface area contributed by atoms with Crippen molar-refractivity contribution in [3.8, 4) is 5.75 Å². The van der Waals surface area contributed by atoms with Crippen LogP contribution in [-0.4, -0.2) is 95.8 Å². The smallest absolute Gasteiger partial charge is 0.209 e. The quantitative estimate of drug-likeness (QED) is 0.0827. The minimum Gasteiger partial charge on any atom is -0.490 e. The normalized spacial score (nSPS) is 20.0. The molecular formula is C46H70N2O8SSi. The summed E-state index contributed by atoms with van der Waals surface area (Å²) in [7, 11) is -3.01. The maximum Gasteiger partial charge on any atom is 0.209 e. The molecule has 322 valence electrons. The molecule has 0 bridgehead atoms. The lowest BCUT2D eigenvalue weighted by molar-refractivity contribution is -0.0365. The first-order valence-corrected chi connectivity index (χ1v) is 24.9. The Kier molecular flexibility index (Phi) is 16.8. The van der Waals surface area contributed by atoms with Crippen LogP contribution >= 0.6 is 0 Å². The van der Waals surface area contributed by atoms with Crippen molar-refractivity contribution in [1.29, 1.82) is 0 Å². The van der Waals surface area contributed by atoms with Gasteiger partial charge in [-0.25, -0.2) is 8.42 Å². The Balaban J connectivity index is 1.58. The van der Waals surface area contributed by atoms with Crippen LogP contribution in [0.5, 0.6) is 5.75 Å². The van der Waals surface area contributed by atoms with Crippen LogP contribution in [0.3, 0.4) is 0 Å². The molecule has 2 aliphatic rings. The van der Waals surface area contributed by atoms with Crippen LogP contribution in [0.4, 0.5) is 5.69 Å². The SMILES string of the molecule is COCCCN1CCOc2ccc(C(O[C@H]3CNC[C@@H](O[Si](C(C)C)(C(C)C)C(C)C)[C@@H]3c3ccc(COCC(C)COC)cc3)S(=O)(=O)c3ccc(C)cc3)cc21. The first-order valence-electron chi connectivity index (χ1n) is 21.2. The van der Waals surface area contributed by atoms with Crippen molar-refractivity contribution >= 4 is 23.8 Å². The van der Waals surface area contributed by atoms with E-state index in [0.717, 1.165) is 41.1 Å². The maximum atomic E-state index is 15.0. The summed E-state index contributed by atoms with van der Waals surface area (Å²) in [4.78, 5) is 2.47. The molecule has 5 atom stereocenters. The van der Waals surface area contributed by atoms with Gasteiger partial charge in [0.1, 0.15) is 12.4 Å². The summed E-state index contributed by atoms with van der Waals surface area (Å²) in [5.74, 6) is 0.787. The van der Waals surface area contributed by atoms with Gasteiger partial charge in [0.2, 0.25) is 18.2 Å². The Bertz CT molecular complexity index is 1800. The van der Waals surface area contributed by atoms with E-state index in [2.05, 4.69) is 82.9 Å². The summed E-state index contributed by atoms with van der Waals surface area (Å²) in [5.41, 5.74) is 4.35. The van der Waals surface area contributed by atoms with E-state index < -0.39 is 29.7 Å². The largest absolute Gasteiger partial charge is 0.490 e. The van der Waals surface area contributed by atoms with Crippen LogP contribution < -0.4 is 15.0 Å². The molecule has 2 unspecified atom stereocenters. The zero-order valence-corrected chi connectivity index (χ0v) is 38.5. The summed E-state index contributed by atoms with van der Waals surface area (Å²) in [6.45, 7) is 23.4. The molecule has 3 aromatic carbocycles. The third kappa shape index (κ3) is 10.9. The molecule has 10 nitrogen and oxygen atoms in total. The highest BCUT2D eigenvalue weighted by atomic mass is 32.2. The first-order chi connectivity index (χ1) is 27.7. The number of sulfone groups is 1. The number of ether oxygens (including phenoxy) is 5. The molecule has 1 fully saturated rings. The molecule has 0 amide bonds. The van der Waals surface area contributed by atoms with Crippen molar-refractivity contribution in [2.45, 2.75) is 113 Å². The summed E-state index contributed by atoms with van der Waals surface area (Å²) in [5, 5.41) is 3.63. The number of fused-ring (bicyclic) bond motifs is 1. The first kappa shape index (κ1) is 46.3. The van der Waals surface area contributed by atoms with Crippen molar-refractivity contribution in [3.63, 3.8) is 0 Å². The minimum absolute atomic E-state index is 0.220. The van der Waals surface area contributed by atoms with Crippen molar-refractivity contribution in [2.24, 2.45) is 5.92 Å². The fourth-order valence-corrected chi connectivity index (χ4v) is 16.3. The van der Waals surface area contributed by atoms with Gasteiger partial charge in [-0.05, 0) is 70.9 Å². The number of piperidine rings is 1. The molecule has 0 aromatic heterocycles. The van der Waals surface area contributed by atoms with E-state index in [1.54, 1.807) is 26.4 Å². The Labute approximate surface area is 350 Å². The van der Waals surface area contributed by atoms with Gasteiger partial charge in [-0.1, -0.05) is 96.5 Å². The molecule has 0 saturated carbocycles. The lowest BCUT2D eigenvalue weighted by Gasteiger charge is -2.49. The summed E-state index contributed by atoms with van der Waals surface area (Å²) in [6, 6.07) is 21.3. The molecule has 1 N–H and O–H groups in total. The van der Waals surface area contributed by atoms with Crippen LogP contribution in [-0.2, 0) is 39.8 Å². The van der Waals surface area contributed by atoms with Gasteiger partial charge < -0.3 is 38.3 Å². The van der Waals surface area contributed by atoms with E-state index in [1.807, 2.05) is 37.3 Å². The molecule has 0 spiro atoms. The Hall–Kier alpha value is -2.81. The monoisotopic (exact) mass is 838 g/mol. The average Bonchev–Trinajstić information content (AvgIpc) is 3.19. The summed E-state index contributed by atoms with van der Waals surface area (Å²) in [6.07, 6.45) is 0.0551. The molecular weight excluding hydrogens is 769 g/mol. The fourth-order valence-electron chi connectivity index (χ4n) is 9.16. The molecule has 58 heavy (non-hydrogen) atoms. The lowest BCUT2D eigenvalue weighted by Crippen LogP contribution is -2.58. The van der Waals surface area contributed by atoms with Gasteiger partial charge in [0, 0.05) is 52.3 Å². The molecule has 5 rings (SSSR count). The minimum atomic E-state index is -4.05. The molecule has 2 heterocycles. The number of hydrogen-bond acceptors (Lipinski definition) is 10. The van der Waals surface area contributed by atoms with Gasteiger partial charge in [-0.2, -0.15) is 0 Å². The second-order valence-corrected chi connectivity index (χ2v) is 24.6. The highest BCUT2D eigenvalue weighted by Gasteiger charge is 2.50. The summed E-state index contributed by atoms with van der Waals surface area (Å²) >= 11 is 0. The highest BCUT2D eigenvalue weighted by molar-refractivity contribution is 7.91. The summed E-state index contributed by atoms with van der Waals surface area (Å²) < 4.78 is 67.5. The number of nitrogens with one attached hydrogen (secondary N) is 1. The van der Waals surface area contributed by atoms with E-state index in [9.17, 15) is 8.42 Å². The topological polar surface area (TPSA) is 105 Å². The van der Waals surface area contributed by atoms with Gasteiger partial charge in [-0.3, -0.25) is 0 Å². The second kappa shape index (κ2) is 21.1. The van der Waals surface area contributed by atoms with Gasteiger partial charge in [0.25, 0.3) is 0 Å². The average molecular weight is 839 g/mol. The fraction of sp³-hybridized carbons (Fsp3) is 0.609.